The third-order valence-corrected chi connectivity index (χ3v) is 1.91. The van der Waals surface area contributed by atoms with Gasteiger partial charge in [0.15, 0.2) is 0 Å². The van der Waals surface area contributed by atoms with E-state index < -0.39 is 11.7 Å². The molecule has 0 aromatic carbocycles. The Kier molecular flexibility index (Phi) is 4.06. The molecule has 0 saturated carbocycles. The zero-order valence-electron chi connectivity index (χ0n) is 10.1. The lowest BCUT2D eigenvalue weighted by molar-refractivity contribution is 0.0532. The number of nitrogens with zero attached hydrogens (tertiary/aromatic N) is 2. The number of ether oxygens (including phenoxy) is 1. The number of hydrogen-bond acceptors (Lipinski definition) is 4. The summed E-state index contributed by atoms with van der Waals surface area (Å²) in [6, 6.07) is 0. The second kappa shape index (κ2) is 5.12. The standard InChI is InChI=1S/C11H19N3O2/c1-11(2,3)16-10(15)14-8-7-13-9(14)5-4-6-12/h7-8H,4-6,12H2,1-3H3. The van der Waals surface area contributed by atoms with E-state index in [0.717, 1.165) is 6.42 Å². The molecule has 0 aliphatic heterocycles. The molecule has 0 bridgehead atoms. The third kappa shape index (κ3) is 3.66. The molecule has 2 N–H and O–H groups in total. The van der Waals surface area contributed by atoms with Crippen LogP contribution in [0.2, 0.25) is 0 Å². The van der Waals surface area contributed by atoms with Crippen molar-refractivity contribution in [3.63, 3.8) is 0 Å². The van der Waals surface area contributed by atoms with Crippen LogP contribution in [-0.2, 0) is 11.2 Å². The Bertz CT molecular complexity index is 352. The van der Waals surface area contributed by atoms with Gasteiger partial charge in [-0.2, -0.15) is 0 Å². The SMILES string of the molecule is CC(C)(C)OC(=O)n1ccnc1CCCN. The van der Waals surface area contributed by atoms with Crippen molar-refractivity contribution in [3.05, 3.63) is 18.2 Å². The van der Waals surface area contributed by atoms with Crippen LogP contribution < -0.4 is 5.73 Å². The molecule has 0 unspecified atom stereocenters. The molecule has 1 aromatic rings. The van der Waals surface area contributed by atoms with Gasteiger partial charge in [-0.1, -0.05) is 0 Å². The normalized spacial score (nSPS) is 11.5. The van der Waals surface area contributed by atoms with Crippen molar-refractivity contribution in [3.8, 4) is 0 Å². The number of rotatable bonds is 3. The fourth-order valence-electron chi connectivity index (χ4n) is 1.26. The Balaban J connectivity index is 2.72. The molecule has 0 aliphatic carbocycles. The number of imidazole rings is 1. The molecule has 90 valence electrons. The lowest BCUT2D eigenvalue weighted by Crippen LogP contribution is -2.27. The van der Waals surface area contributed by atoms with Crippen LogP contribution in [0.15, 0.2) is 12.4 Å². The van der Waals surface area contributed by atoms with E-state index in [1.54, 1.807) is 12.4 Å². The fraction of sp³-hybridized carbons (Fsp3) is 0.636. The minimum atomic E-state index is -0.494. The van der Waals surface area contributed by atoms with Gasteiger partial charge in [0.25, 0.3) is 0 Å². The van der Waals surface area contributed by atoms with Crippen LogP contribution in [-0.4, -0.2) is 27.8 Å². The highest BCUT2D eigenvalue weighted by Crippen LogP contribution is 2.10. The van der Waals surface area contributed by atoms with Crippen molar-refractivity contribution in [2.24, 2.45) is 5.73 Å². The molecule has 0 atom stereocenters. The van der Waals surface area contributed by atoms with Crippen LogP contribution in [0.5, 0.6) is 0 Å². The van der Waals surface area contributed by atoms with Crippen molar-refractivity contribution < 1.29 is 9.53 Å². The van der Waals surface area contributed by atoms with Gasteiger partial charge in [0, 0.05) is 18.8 Å². The lowest BCUT2D eigenvalue weighted by Gasteiger charge is -2.20. The summed E-state index contributed by atoms with van der Waals surface area (Å²) in [5, 5.41) is 0. The Morgan fingerprint density at radius 3 is 2.81 bits per heavy atom. The Morgan fingerprint density at radius 2 is 2.25 bits per heavy atom. The van der Waals surface area contributed by atoms with Crippen molar-refractivity contribution in [2.75, 3.05) is 6.54 Å². The van der Waals surface area contributed by atoms with Crippen molar-refractivity contribution in [2.45, 2.75) is 39.2 Å². The number of carbonyl (C=O) groups excluding carboxylic acids is 1. The summed E-state index contributed by atoms with van der Waals surface area (Å²) >= 11 is 0. The molecule has 0 spiro atoms. The van der Waals surface area contributed by atoms with E-state index in [1.807, 2.05) is 20.8 Å². The molecule has 5 nitrogen and oxygen atoms in total. The smallest absolute Gasteiger partial charge is 0.419 e. The van der Waals surface area contributed by atoms with Gasteiger partial charge in [-0.15, -0.1) is 0 Å². The number of hydrogen-bond donors (Lipinski definition) is 1. The maximum absolute atomic E-state index is 11.8. The monoisotopic (exact) mass is 225 g/mol. The Labute approximate surface area is 95.6 Å². The van der Waals surface area contributed by atoms with E-state index in [1.165, 1.54) is 4.57 Å². The van der Waals surface area contributed by atoms with Crippen LogP contribution in [0.3, 0.4) is 0 Å². The van der Waals surface area contributed by atoms with Gasteiger partial charge in [0.2, 0.25) is 0 Å². The van der Waals surface area contributed by atoms with Gasteiger partial charge in [0.1, 0.15) is 11.4 Å². The van der Waals surface area contributed by atoms with E-state index in [-0.39, 0.29) is 0 Å². The molecule has 1 heterocycles. The molecule has 0 fully saturated rings. The average Bonchev–Trinajstić information content (AvgIpc) is 2.59. The van der Waals surface area contributed by atoms with Gasteiger partial charge >= 0.3 is 6.09 Å². The number of carbonyl (C=O) groups is 1. The van der Waals surface area contributed by atoms with E-state index in [4.69, 9.17) is 10.5 Å². The third-order valence-electron chi connectivity index (χ3n) is 1.91. The number of aromatic nitrogens is 2. The first kappa shape index (κ1) is 12.7. The summed E-state index contributed by atoms with van der Waals surface area (Å²) in [6.45, 7) is 6.09. The maximum Gasteiger partial charge on any atom is 0.419 e. The second-order valence-corrected chi connectivity index (χ2v) is 4.59. The first-order valence-corrected chi connectivity index (χ1v) is 5.39. The largest absolute Gasteiger partial charge is 0.443 e. The minimum Gasteiger partial charge on any atom is -0.443 e. The Morgan fingerprint density at radius 1 is 1.56 bits per heavy atom. The molecular formula is C11H19N3O2. The van der Waals surface area contributed by atoms with Crippen LogP contribution in [0, 0.1) is 0 Å². The maximum atomic E-state index is 11.8. The van der Waals surface area contributed by atoms with E-state index in [0.29, 0.717) is 18.8 Å². The molecule has 0 radical (unpaired) electrons. The summed E-state index contributed by atoms with van der Waals surface area (Å²) in [5.74, 6) is 0.694. The molecule has 5 heteroatoms. The zero-order valence-corrected chi connectivity index (χ0v) is 10.1. The van der Waals surface area contributed by atoms with Gasteiger partial charge < -0.3 is 10.5 Å². The summed E-state index contributed by atoms with van der Waals surface area (Å²) in [7, 11) is 0. The zero-order chi connectivity index (χ0) is 12.2. The highest BCUT2D eigenvalue weighted by atomic mass is 16.6. The second-order valence-electron chi connectivity index (χ2n) is 4.59. The fourth-order valence-corrected chi connectivity index (χ4v) is 1.26. The molecule has 16 heavy (non-hydrogen) atoms. The van der Waals surface area contributed by atoms with Crippen molar-refractivity contribution in [1.29, 1.82) is 0 Å². The molecule has 0 amide bonds. The van der Waals surface area contributed by atoms with Gasteiger partial charge in [-0.05, 0) is 33.7 Å². The molecule has 1 aromatic heterocycles. The molecular weight excluding hydrogens is 206 g/mol. The van der Waals surface area contributed by atoms with Crippen LogP contribution in [0.25, 0.3) is 0 Å². The van der Waals surface area contributed by atoms with Gasteiger partial charge in [-0.3, -0.25) is 0 Å². The lowest BCUT2D eigenvalue weighted by atomic mass is 10.2. The van der Waals surface area contributed by atoms with Gasteiger partial charge in [0.05, 0.1) is 0 Å². The van der Waals surface area contributed by atoms with Crippen LogP contribution >= 0.6 is 0 Å². The highest BCUT2D eigenvalue weighted by molar-refractivity contribution is 5.71. The first-order chi connectivity index (χ1) is 7.44. The molecule has 0 aliphatic rings. The van der Waals surface area contributed by atoms with E-state index >= 15 is 0 Å². The summed E-state index contributed by atoms with van der Waals surface area (Å²) in [6.07, 6.45) is 4.30. The van der Waals surface area contributed by atoms with E-state index in [9.17, 15) is 4.79 Å². The van der Waals surface area contributed by atoms with Crippen molar-refractivity contribution >= 4 is 6.09 Å². The quantitative estimate of drug-likeness (QED) is 0.847. The summed E-state index contributed by atoms with van der Waals surface area (Å²) in [4.78, 5) is 15.9. The van der Waals surface area contributed by atoms with Crippen LogP contribution in [0.1, 0.15) is 33.0 Å². The van der Waals surface area contributed by atoms with Crippen LogP contribution in [0.4, 0.5) is 4.79 Å². The molecule has 0 saturated heterocycles. The average molecular weight is 225 g/mol. The van der Waals surface area contributed by atoms with Crippen molar-refractivity contribution in [1.82, 2.24) is 9.55 Å². The first-order valence-electron chi connectivity index (χ1n) is 5.39. The molecule has 1 rings (SSSR count). The number of nitrogens with two attached hydrogens (primary N) is 1. The van der Waals surface area contributed by atoms with E-state index in [2.05, 4.69) is 4.98 Å². The Hall–Kier alpha value is -1.36. The minimum absolute atomic E-state index is 0.392. The topological polar surface area (TPSA) is 70.1 Å². The number of aryl methyl sites for hydroxylation is 1. The van der Waals surface area contributed by atoms with Gasteiger partial charge in [-0.25, -0.2) is 14.3 Å². The summed E-state index contributed by atoms with van der Waals surface area (Å²) < 4.78 is 6.69. The predicted octanol–water partition coefficient (Wildman–Crippen LogP) is 1.56. The summed E-state index contributed by atoms with van der Waals surface area (Å²) in [5.41, 5.74) is 4.93. The highest BCUT2D eigenvalue weighted by Gasteiger charge is 2.19. The predicted molar refractivity (Wildman–Crippen MR) is 61.2 cm³/mol.